The molecule has 1 aliphatic rings. The number of primary amides is 3. The zero-order chi connectivity index (χ0) is 91.3. The third-order valence-corrected chi connectivity index (χ3v) is 19.1. The second-order valence-corrected chi connectivity index (χ2v) is 29.9. The van der Waals surface area contributed by atoms with Gasteiger partial charge in [-0.1, -0.05) is 90.6 Å². The van der Waals surface area contributed by atoms with Gasteiger partial charge < -0.3 is 133 Å². The number of ether oxygens (including phenoxy) is 1. The second-order valence-electron chi connectivity index (χ2n) is 29.9. The van der Waals surface area contributed by atoms with Crippen molar-refractivity contribution in [3.8, 4) is 0 Å². The summed E-state index contributed by atoms with van der Waals surface area (Å²) in [6.07, 6.45) is 0.536. The Hall–Kier alpha value is -12.5. The van der Waals surface area contributed by atoms with Crippen molar-refractivity contribution < 1.29 is 116 Å². The molecule has 16 amide bonds. The van der Waals surface area contributed by atoms with Crippen LogP contribution in [0.2, 0.25) is 0 Å². The van der Waals surface area contributed by atoms with Gasteiger partial charge in [0.15, 0.2) is 5.96 Å². The van der Waals surface area contributed by atoms with Crippen LogP contribution in [0.5, 0.6) is 0 Å². The van der Waals surface area contributed by atoms with Gasteiger partial charge in [0.25, 0.3) is 0 Å². The van der Waals surface area contributed by atoms with Gasteiger partial charge in [-0.2, -0.15) is 0 Å². The van der Waals surface area contributed by atoms with Crippen LogP contribution in [0, 0.1) is 17.2 Å². The summed E-state index contributed by atoms with van der Waals surface area (Å²) in [5.74, 6) is -22.3. The quantitative estimate of drug-likeness (QED) is 0.0127. The molecule has 678 valence electrons. The van der Waals surface area contributed by atoms with Crippen molar-refractivity contribution in [1.82, 2.24) is 84.0 Å². The summed E-state index contributed by atoms with van der Waals surface area (Å²) in [7, 11) is 0. The number of carboxylic acids is 2. The molecule has 29 N–H and O–H groups in total. The molecular weight excluding hydrogens is 1600 g/mol. The maximum atomic E-state index is 14.7. The Balaban J connectivity index is 1.98. The standard InChI is InChI=1S/C76H120N22O24/c1-6-7-8-9-13-20-61(107)122-38-54(96-70(115)52(36-99)86-59(104)34-77)71(116)93-50(32-42-16-11-10-12-17-42)68(113)92-49(31-40(2)3)67(112)95-53(37-100)74(119)98-30-15-19-55(98)72(117)89-47(24-28-60(105)106)65(110)94-51(33-43-35-83-39-85-43)69(114)88-45(21-25-56(78)101)63(108)87-44(18-14-29-84-76(81)82)66(111)97-62(41(4)5)73(118)90-46(22-26-57(79)102)64(109)91-48(75(120)121)23-27-58(80)103/h10-12,16-17,35,39-41,44-55,62,99-100H,6-9,13-15,18-34,36-38,77H2,1-5H3,(H2,78,101)(H2,79,102)(H2,80,103)(H,83,85)(H,86,104)(H,87,108)(H,88,114)(H,89,117)(H,90,118)(H,91,109)(H,92,113)(H,93,116)(H,94,110)(H,95,112)(H,96,115)(H,97,111)(H,105,106)(H,120,121)(H4,81,82,84)/t44-,45-,46-,47-,48-,49-,50-,51-,52-,53-,54-,55-,62-/m0/s1. The van der Waals surface area contributed by atoms with E-state index in [0.29, 0.717) is 18.4 Å². The van der Waals surface area contributed by atoms with Crippen LogP contribution >= 0.6 is 0 Å². The largest absolute Gasteiger partial charge is 0.481 e. The Morgan fingerprint density at radius 2 is 0.992 bits per heavy atom. The third kappa shape index (κ3) is 38.7. The minimum atomic E-state index is -1.84. The minimum absolute atomic E-state index is 0.0418. The number of aromatic nitrogens is 2. The fraction of sp³-hybridized carbons (Fsp3) is 0.618. The van der Waals surface area contributed by atoms with Crippen molar-refractivity contribution in [3.63, 3.8) is 0 Å². The number of aromatic amines is 1. The lowest BCUT2D eigenvalue weighted by Crippen LogP contribution is -2.62. The molecule has 0 bridgehead atoms. The van der Waals surface area contributed by atoms with Crippen LogP contribution in [-0.2, 0) is 109 Å². The monoisotopic (exact) mass is 1720 g/mol. The zero-order valence-electron chi connectivity index (χ0n) is 69.0. The lowest BCUT2D eigenvalue weighted by atomic mass is 10.0. The van der Waals surface area contributed by atoms with E-state index in [4.69, 9.17) is 38.8 Å². The van der Waals surface area contributed by atoms with Gasteiger partial charge in [-0.15, -0.1) is 0 Å². The molecule has 0 spiro atoms. The summed E-state index contributed by atoms with van der Waals surface area (Å²) in [6, 6.07) is -13.7. The van der Waals surface area contributed by atoms with E-state index in [2.05, 4.69) is 79.1 Å². The fourth-order valence-corrected chi connectivity index (χ4v) is 12.5. The van der Waals surface area contributed by atoms with Gasteiger partial charge in [-0.25, -0.2) is 9.78 Å². The number of nitrogens with one attached hydrogen (secondary N) is 15. The number of likely N-dealkylation sites (tertiary alicyclic amines) is 1. The van der Waals surface area contributed by atoms with E-state index >= 15 is 0 Å². The van der Waals surface area contributed by atoms with E-state index in [0.717, 1.165) is 24.2 Å². The predicted octanol–water partition coefficient (Wildman–Crippen LogP) is -7.44. The number of aliphatic hydroxyl groups is 2. The predicted molar refractivity (Wildman–Crippen MR) is 431 cm³/mol. The smallest absolute Gasteiger partial charge is 0.326 e. The first kappa shape index (κ1) is 104. The van der Waals surface area contributed by atoms with Crippen molar-refractivity contribution in [2.24, 2.45) is 40.5 Å². The first-order chi connectivity index (χ1) is 57.7. The minimum Gasteiger partial charge on any atom is -0.481 e. The highest BCUT2D eigenvalue weighted by Crippen LogP contribution is 2.21. The van der Waals surface area contributed by atoms with E-state index < -0.39 is 287 Å². The Labute approximate surface area is 703 Å². The van der Waals surface area contributed by atoms with Crippen LogP contribution < -0.4 is 97.8 Å². The molecule has 1 fully saturated rings. The van der Waals surface area contributed by atoms with Crippen LogP contribution in [-0.4, -0.2) is 272 Å². The van der Waals surface area contributed by atoms with E-state index in [-0.39, 0.29) is 69.6 Å². The number of hydrogen-bond acceptors (Lipinski definition) is 25. The molecule has 0 radical (unpaired) electrons. The number of benzene rings is 1. The number of carbonyl (C=O) groups excluding carboxylic acids is 17. The number of carboxylic acid groups (broad SMARTS) is 2. The van der Waals surface area contributed by atoms with E-state index in [1.54, 1.807) is 44.2 Å². The highest BCUT2D eigenvalue weighted by atomic mass is 16.5. The van der Waals surface area contributed by atoms with Crippen LogP contribution in [0.1, 0.15) is 168 Å². The van der Waals surface area contributed by atoms with Crippen LogP contribution in [0.4, 0.5) is 0 Å². The van der Waals surface area contributed by atoms with E-state index in [1.807, 2.05) is 6.92 Å². The number of H-pyrrole nitrogens is 1. The molecule has 3 rings (SSSR count). The normalized spacial score (nSPS) is 15.3. The first-order valence-electron chi connectivity index (χ1n) is 40.1. The zero-order valence-corrected chi connectivity index (χ0v) is 69.0. The molecule has 1 aromatic heterocycles. The maximum Gasteiger partial charge on any atom is 0.326 e. The van der Waals surface area contributed by atoms with Gasteiger partial charge >= 0.3 is 17.9 Å². The third-order valence-electron chi connectivity index (χ3n) is 19.1. The van der Waals surface area contributed by atoms with Gasteiger partial charge in [0.05, 0.1) is 31.8 Å². The van der Waals surface area contributed by atoms with Crippen molar-refractivity contribution in [1.29, 1.82) is 5.41 Å². The van der Waals surface area contributed by atoms with E-state index in [9.17, 15) is 112 Å². The summed E-state index contributed by atoms with van der Waals surface area (Å²) in [5.41, 5.74) is 27.5. The van der Waals surface area contributed by atoms with Gasteiger partial charge in [0.1, 0.15) is 85.2 Å². The van der Waals surface area contributed by atoms with Crippen molar-refractivity contribution in [2.45, 2.75) is 248 Å². The van der Waals surface area contributed by atoms with Crippen molar-refractivity contribution in [3.05, 3.63) is 54.1 Å². The average molecular weight is 1730 g/mol. The number of aliphatic hydroxyl groups excluding tert-OH is 2. The number of guanidine groups is 1. The summed E-state index contributed by atoms with van der Waals surface area (Å²) in [5, 5.41) is 79.6. The molecule has 2 heterocycles. The topological polar surface area (TPSA) is 757 Å². The summed E-state index contributed by atoms with van der Waals surface area (Å²) in [6.45, 7) is 4.65. The number of imidazole rings is 1. The summed E-state index contributed by atoms with van der Waals surface area (Å²) in [4.78, 5) is 265. The molecule has 1 aromatic carbocycles. The lowest BCUT2D eigenvalue weighted by Gasteiger charge is -2.31. The van der Waals surface area contributed by atoms with E-state index in [1.165, 1.54) is 26.4 Å². The highest BCUT2D eigenvalue weighted by molar-refractivity contribution is 6.01. The molecule has 0 unspecified atom stereocenters. The van der Waals surface area contributed by atoms with Gasteiger partial charge in [-0.05, 0) is 81.6 Å². The number of carbonyl (C=O) groups is 19. The first-order valence-corrected chi connectivity index (χ1v) is 40.1. The van der Waals surface area contributed by atoms with Gasteiger partial charge in [-0.3, -0.25) is 91.7 Å². The van der Waals surface area contributed by atoms with Crippen LogP contribution in [0.3, 0.4) is 0 Å². The lowest BCUT2D eigenvalue weighted by molar-refractivity contribution is -0.147. The second kappa shape index (κ2) is 54.6. The van der Waals surface area contributed by atoms with Crippen molar-refractivity contribution >= 4 is 118 Å². The number of esters is 1. The average Bonchev–Trinajstić information content (AvgIpc) is 1.61. The molecule has 2 aromatic rings. The Kier molecular flexibility index (Phi) is 46.4. The molecule has 0 aliphatic carbocycles. The SMILES string of the molecule is CCCCCCCC(=O)OC[C@H](NC(=O)[C@H](CO)NC(=O)CN)C(=O)N[C@@H](Cc1ccccc1)C(=O)N[C@@H](CC(C)C)C(=O)N[C@@H](CO)C(=O)N1CCC[C@H]1C(=O)N[C@@H](CCC(=O)O)C(=O)N[C@@H](Cc1c[nH]cn1)C(=O)N[C@@H](CCC(N)=O)C(=O)N[C@@H](CCCNC(=N)N)C(=O)N[C@H](C(=O)N[C@@H](CCC(N)=O)C(=O)N[C@@H](CCC(N)=O)C(=O)O)C(C)C. The molecule has 1 aliphatic heterocycles. The fourth-order valence-electron chi connectivity index (χ4n) is 12.5. The molecular formula is C76H120N22O24. The number of rotatable bonds is 59. The van der Waals surface area contributed by atoms with Crippen LogP contribution in [0.25, 0.3) is 0 Å². The molecule has 46 heteroatoms. The maximum absolute atomic E-state index is 14.7. The number of unbranched alkanes of at least 4 members (excludes halogenated alkanes) is 4. The Morgan fingerprint density at radius 3 is 1.51 bits per heavy atom. The summed E-state index contributed by atoms with van der Waals surface area (Å²) >= 11 is 0. The van der Waals surface area contributed by atoms with Crippen molar-refractivity contribution in [2.75, 3.05) is 39.5 Å². The molecule has 122 heavy (non-hydrogen) atoms. The van der Waals surface area contributed by atoms with Gasteiger partial charge in [0.2, 0.25) is 94.5 Å². The van der Waals surface area contributed by atoms with Crippen LogP contribution in [0.15, 0.2) is 42.9 Å². The number of hydrogen-bond donors (Lipinski definition) is 24. The molecule has 46 nitrogen and oxygen atoms in total. The molecule has 13 atom stereocenters. The number of aliphatic carboxylic acids is 2. The number of nitrogens with zero attached hydrogens (tertiary/aromatic N) is 2. The Bertz CT molecular complexity index is 3890. The highest BCUT2D eigenvalue weighted by Gasteiger charge is 2.42. The summed E-state index contributed by atoms with van der Waals surface area (Å²) < 4.78 is 5.42. The number of amides is 16. The molecule has 1 saturated heterocycles. The van der Waals surface area contributed by atoms with Gasteiger partial charge in [0, 0.05) is 64.2 Å². The number of nitrogens with two attached hydrogens (primary N) is 5. The Morgan fingerprint density at radius 1 is 0.525 bits per heavy atom. The molecule has 0 saturated carbocycles.